The second kappa shape index (κ2) is 7.78. The van der Waals surface area contributed by atoms with Crippen LogP contribution in [0.1, 0.15) is 21.8 Å². The zero-order valence-electron chi connectivity index (χ0n) is 15.4. The summed E-state index contributed by atoms with van der Waals surface area (Å²) in [5.41, 5.74) is 3.30. The average Bonchev–Trinajstić information content (AvgIpc) is 3.11. The van der Waals surface area contributed by atoms with Crippen molar-refractivity contribution in [1.82, 2.24) is 14.8 Å². The van der Waals surface area contributed by atoms with E-state index in [1.54, 1.807) is 16.2 Å². The Labute approximate surface area is 162 Å². The molecule has 0 N–H and O–H groups in total. The third-order valence-corrected chi connectivity index (χ3v) is 5.96. The van der Waals surface area contributed by atoms with Crippen LogP contribution in [0.15, 0.2) is 29.6 Å². The third-order valence-electron chi connectivity index (χ3n) is 5.14. The largest absolute Gasteiger partial charge is 0.365 e. The van der Waals surface area contributed by atoms with Crippen molar-refractivity contribution in [1.29, 1.82) is 0 Å². The Balaban J connectivity index is 1.38. The molecule has 1 aromatic heterocycles. The predicted octanol–water partition coefficient (Wildman–Crippen LogP) is 1.81. The molecule has 7 heteroatoms. The first-order valence-electron chi connectivity index (χ1n) is 9.26. The highest BCUT2D eigenvalue weighted by Crippen LogP contribution is 2.20. The summed E-state index contributed by atoms with van der Waals surface area (Å²) in [6, 6.07) is 8.23. The maximum Gasteiger partial charge on any atom is 0.253 e. The molecule has 1 aromatic carbocycles. The Morgan fingerprint density at radius 3 is 2.81 bits per heavy atom. The van der Waals surface area contributed by atoms with Crippen molar-refractivity contribution in [2.75, 3.05) is 26.2 Å². The minimum Gasteiger partial charge on any atom is -0.365 e. The summed E-state index contributed by atoms with van der Waals surface area (Å²) in [7, 11) is 0. The lowest BCUT2D eigenvalue weighted by Crippen LogP contribution is -2.53. The molecule has 2 aliphatic rings. The number of carbonyl (C=O) groups excluding carboxylic acids is 2. The normalized spacial score (nSPS) is 19.7. The van der Waals surface area contributed by atoms with Crippen LogP contribution >= 0.6 is 11.3 Å². The number of carbonyl (C=O) groups is 2. The number of amides is 2. The van der Waals surface area contributed by atoms with Gasteiger partial charge in [-0.3, -0.25) is 9.59 Å². The van der Waals surface area contributed by atoms with Crippen molar-refractivity contribution in [2.24, 2.45) is 0 Å². The van der Waals surface area contributed by atoms with Gasteiger partial charge >= 0.3 is 0 Å². The molecule has 2 aromatic rings. The maximum atomic E-state index is 12.9. The van der Waals surface area contributed by atoms with Gasteiger partial charge in [-0.1, -0.05) is 24.3 Å². The van der Waals surface area contributed by atoms with E-state index >= 15 is 0 Å². The van der Waals surface area contributed by atoms with Crippen LogP contribution in [0.25, 0.3) is 0 Å². The zero-order chi connectivity index (χ0) is 18.8. The molecular weight excluding hydrogens is 362 g/mol. The summed E-state index contributed by atoms with van der Waals surface area (Å²) in [6.07, 6.45) is 0.563. The number of aromatic nitrogens is 1. The van der Waals surface area contributed by atoms with E-state index in [1.807, 2.05) is 29.3 Å². The van der Waals surface area contributed by atoms with Gasteiger partial charge in [0.05, 0.1) is 30.3 Å². The first kappa shape index (κ1) is 18.1. The fourth-order valence-electron chi connectivity index (χ4n) is 3.67. The number of nitrogens with zero attached hydrogens (tertiary/aromatic N) is 3. The number of thiazole rings is 1. The number of rotatable bonds is 3. The fraction of sp³-hybridized carbons (Fsp3) is 0.450. The number of fused-ring (bicyclic) bond motifs is 1. The predicted molar refractivity (Wildman–Crippen MR) is 102 cm³/mol. The highest BCUT2D eigenvalue weighted by Gasteiger charge is 2.33. The standard InChI is InChI=1S/C20H23N3O3S/c1-14-21-17(13-27-14)10-19(24)22-8-9-26-18(12-22)20(25)23-7-6-15-4-2-3-5-16(15)11-23/h2-5,13,18H,6-12H2,1H3. The van der Waals surface area contributed by atoms with Crippen molar-refractivity contribution in [3.8, 4) is 0 Å². The molecular formula is C20H23N3O3S. The van der Waals surface area contributed by atoms with Gasteiger partial charge in [0, 0.05) is 25.0 Å². The summed E-state index contributed by atoms with van der Waals surface area (Å²) in [5.74, 6) is -0.0168. The lowest BCUT2D eigenvalue weighted by atomic mass is 9.99. The van der Waals surface area contributed by atoms with Crippen LogP contribution in [0.2, 0.25) is 0 Å². The molecule has 0 radical (unpaired) electrons. The number of morpholine rings is 1. The van der Waals surface area contributed by atoms with E-state index in [4.69, 9.17) is 4.74 Å². The van der Waals surface area contributed by atoms with Gasteiger partial charge in [0.1, 0.15) is 0 Å². The zero-order valence-corrected chi connectivity index (χ0v) is 16.2. The van der Waals surface area contributed by atoms with Gasteiger partial charge in [0.2, 0.25) is 5.91 Å². The van der Waals surface area contributed by atoms with Gasteiger partial charge < -0.3 is 14.5 Å². The molecule has 1 saturated heterocycles. The fourth-order valence-corrected chi connectivity index (χ4v) is 4.28. The van der Waals surface area contributed by atoms with Gasteiger partial charge in [-0.25, -0.2) is 4.98 Å². The second-order valence-electron chi connectivity index (χ2n) is 7.01. The van der Waals surface area contributed by atoms with Crippen LogP contribution in [-0.4, -0.2) is 58.9 Å². The van der Waals surface area contributed by atoms with Crippen molar-refractivity contribution < 1.29 is 14.3 Å². The molecule has 1 fully saturated rings. The SMILES string of the molecule is Cc1nc(CC(=O)N2CCOC(C(=O)N3CCc4ccccc4C3)C2)cs1. The molecule has 4 rings (SSSR count). The topological polar surface area (TPSA) is 62.7 Å². The molecule has 27 heavy (non-hydrogen) atoms. The summed E-state index contributed by atoms with van der Waals surface area (Å²) < 4.78 is 5.72. The van der Waals surface area contributed by atoms with Crippen molar-refractivity contribution >= 4 is 23.2 Å². The van der Waals surface area contributed by atoms with Gasteiger partial charge in [-0.15, -0.1) is 11.3 Å². The van der Waals surface area contributed by atoms with Crippen LogP contribution in [0.5, 0.6) is 0 Å². The Kier molecular flexibility index (Phi) is 5.22. The first-order valence-corrected chi connectivity index (χ1v) is 10.1. The number of benzene rings is 1. The second-order valence-corrected chi connectivity index (χ2v) is 8.07. The van der Waals surface area contributed by atoms with E-state index in [0.29, 0.717) is 32.8 Å². The van der Waals surface area contributed by atoms with Crippen molar-refractivity contribution in [2.45, 2.75) is 32.4 Å². The lowest BCUT2D eigenvalue weighted by Gasteiger charge is -2.36. The summed E-state index contributed by atoms with van der Waals surface area (Å²) >= 11 is 1.54. The van der Waals surface area contributed by atoms with E-state index in [-0.39, 0.29) is 18.2 Å². The van der Waals surface area contributed by atoms with Crippen LogP contribution in [0, 0.1) is 6.92 Å². The van der Waals surface area contributed by atoms with E-state index in [9.17, 15) is 9.59 Å². The van der Waals surface area contributed by atoms with E-state index in [2.05, 4.69) is 17.1 Å². The minimum atomic E-state index is -0.579. The summed E-state index contributed by atoms with van der Waals surface area (Å²) in [6.45, 7) is 4.47. The smallest absolute Gasteiger partial charge is 0.253 e. The maximum absolute atomic E-state index is 12.9. The van der Waals surface area contributed by atoms with Crippen LogP contribution in [-0.2, 0) is 33.7 Å². The number of hydrogen-bond donors (Lipinski definition) is 0. The van der Waals surface area contributed by atoms with E-state index in [0.717, 1.165) is 17.1 Å². The molecule has 3 heterocycles. The monoisotopic (exact) mass is 385 g/mol. The molecule has 0 aliphatic carbocycles. The molecule has 2 amide bonds. The first-order chi connectivity index (χ1) is 13.1. The number of aryl methyl sites for hydroxylation is 1. The van der Waals surface area contributed by atoms with Crippen LogP contribution in [0.4, 0.5) is 0 Å². The Morgan fingerprint density at radius 2 is 2.04 bits per heavy atom. The lowest BCUT2D eigenvalue weighted by molar-refractivity contribution is -0.154. The summed E-state index contributed by atoms with van der Waals surface area (Å²) in [5, 5.41) is 2.87. The molecule has 142 valence electrons. The van der Waals surface area contributed by atoms with Crippen molar-refractivity contribution in [3.05, 3.63) is 51.5 Å². The Morgan fingerprint density at radius 1 is 1.22 bits per heavy atom. The number of hydrogen-bond acceptors (Lipinski definition) is 5. The highest BCUT2D eigenvalue weighted by atomic mass is 32.1. The molecule has 1 atom stereocenters. The van der Waals surface area contributed by atoms with Crippen LogP contribution < -0.4 is 0 Å². The quantitative estimate of drug-likeness (QED) is 0.808. The Hall–Kier alpha value is -2.25. The third kappa shape index (κ3) is 4.04. The Bertz CT molecular complexity index is 851. The molecule has 6 nitrogen and oxygen atoms in total. The van der Waals surface area contributed by atoms with Gasteiger partial charge in [-0.2, -0.15) is 0 Å². The molecule has 2 aliphatic heterocycles. The molecule has 0 spiro atoms. The van der Waals surface area contributed by atoms with E-state index in [1.165, 1.54) is 11.1 Å². The minimum absolute atomic E-state index is 0.00499. The van der Waals surface area contributed by atoms with Gasteiger partial charge in [0.25, 0.3) is 5.91 Å². The van der Waals surface area contributed by atoms with Crippen molar-refractivity contribution in [3.63, 3.8) is 0 Å². The highest BCUT2D eigenvalue weighted by molar-refractivity contribution is 7.09. The summed E-state index contributed by atoms with van der Waals surface area (Å²) in [4.78, 5) is 33.5. The average molecular weight is 385 g/mol. The molecule has 0 saturated carbocycles. The molecule has 1 unspecified atom stereocenters. The van der Waals surface area contributed by atoms with Gasteiger partial charge in [0.15, 0.2) is 6.10 Å². The molecule has 0 bridgehead atoms. The van der Waals surface area contributed by atoms with E-state index < -0.39 is 6.10 Å². The number of ether oxygens (including phenoxy) is 1. The van der Waals surface area contributed by atoms with Gasteiger partial charge in [-0.05, 0) is 24.5 Å². The van der Waals surface area contributed by atoms with Crippen LogP contribution in [0.3, 0.4) is 0 Å².